The fraction of sp³-hybridized carbons (Fsp3) is 0.600. The van der Waals surface area contributed by atoms with Gasteiger partial charge in [0.25, 0.3) is 0 Å². The zero-order valence-corrected chi connectivity index (χ0v) is 9.18. The van der Waals surface area contributed by atoms with Crippen molar-refractivity contribution in [2.45, 2.75) is 13.3 Å². The molecule has 2 rings (SSSR count). The highest BCUT2D eigenvalue weighted by Crippen LogP contribution is 2.23. The number of hydrogen-bond donors (Lipinski definition) is 1. The van der Waals surface area contributed by atoms with E-state index in [1.165, 1.54) is 17.9 Å². The minimum Gasteiger partial charge on any atom is -0.354 e. The molecule has 0 aliphatic carbocycles. The molecule has 0 bridgehead atoms. The number of rotatable bonds is 3. The maximum Gasteiger partial charge on any atom is 0.222 e. The van der Waals surface area contributed by atoms with Crippen LogP contribution in [0.2, 0.25) is 0 Å². The Morgan fingerprint density at radius 3 is 3.29 bits per heavy atom. The number of aryl methyl sites for hydroxylation is 1. The molecule has 76 valence electrons. The first-order valence-corrected chi connectivity index (χ1v) is 6.11. The first-order valence-electron chi connectivity index (χ1n) is 4.96. The van der Waals surface area contributed by atoms with Crippen LogP contribution in [0.25, 0.3) is 0 Å². The van der Waals surface area contributed by atoms with Crippen LogP contribution in [0, 0.1) is 12.8 Å². The van der Waals surface area contributed by atoms with Gasteiger partial charge in [0.05, 0.1) is 0 Å². The summed E-state index contributed by atoms with van der Waals surface area (Å²) in [7, 11) is 0. The predicted molar refractivity (Wildman–Crippen MR) is 60.7 cm³/mol. The quantitative estimate of drug-likeness (QED) is 0.825. The summed E-state index contributed by atoms with van der Waals surface area (Å²) in [6.45, 7) is 2.99. The van der Waals surface area contributed by atoms with Crippen molar-refractivity contribution in [1.29, 1.82) is 0 Å². The van der Waals surface area contributed by atoms with Gasteiger partial charge in [0.1, 0.15) is 0 Å². The number of thioether (sulfide) groups is 1. The zero-order chi connectivity index (χ0) is 9.80. The highest BCUT2D eigenvalue weighted by atomic mass is 32.2. The summed E-state index contributed by atoms with van der Waals surface area (Å²) in [5.41, 5.74) is 1.02. The summed E-state index contributed by atoms with van der Waals surface area (Å²) in [5, 5.41) is 3.29. The third kappa shape index (κ3) is 2.61. The molecule has 1 atom stereocenters. The average Bonchev–Trinajstić information content (AvgIpc) is 2.67. The molecule has 0 spiro atoms. The highest BCUT2D eigenvalue weighted by Gasteiger charge is 2.15. The molecule has 1 aliphatic rings. The van der Waals surface area contributed by atoms with Crippen molar-refractivity contribution in [1.82, 2.24) is 9.97 Å². The Hall–Kier alpha value is -0.770. The average molecular weight is 209 g/mol. The molecule has 2 heterocycles. The summed E-state index contributed by atoms with van der Waals surface area (Å²) in [6.07, 6.45) is 3.12. The lowest BCUT2D eigenvalue weighted by Crippen LogP contribution is -2.15. The normalized spacial score (nSPS) is 21.1. The monoisotopic (exact) mass is 209 g/mol. The summed E-state index contributed by atoms with van der Waals surface area (Å²) >= 11 is 2.04. The zero-order valence-electron chi connectivity index (χ0n) is 8.36. The van der Waals surface area contributed by atoms with Crippen molar-refractivity contribution in [2.75, 3.05) is 23.4 Å². The van der Waals surface area contributed by atoms with Gasteiger partial charge in [0.2, 0.25) is 5.95 Å². The van der Waals surface area contributed by atoms with Gasteiger partial charge >= 0.3 is 0 Å². The summed E-state index contributed by atoms with van der Waals surface area (Å²) in [5.74, 6) is 4.14. The lowest BCUT2D eigenvalue weighted by atomic mass is 10.1. The van der Waals surface area contributed by atoms with Crippen LogP contribution in [0.1, 0.15) is 12.1 Å². The maximum absolute atomic E-state index is 4.31. The van der Waals surface area contributed by atoms with Gasteiger partial charge < -0.3 is 5.32 Å². The third-order valence-electron chi connectivity index (χ3n) is 2.37. The lowest BCUT2D eigenvalue weighted by molar-refractivity contribution is 0.629. The van der Waals surface area contributed by atoms with E-state index >= 15 is 0 Å². The van der Waals surface area contributed by atoms with E-state index in [-0.39, 0.29) is 0 Å². The largest absolute Gasteiger partial charge is 0.354 e. The van der Waals surface area contributed by atoms with Gasteiger partial charge in [-0.3, -0.25) is 0 Å². The van der Waals surface area contributed by atoms with Gasteiger partial charge in [-0.15, -0.1) is 0 Å². The molecule has 1 N–H and O–H groups in total. The van der Waals surface area contributed by atoms with Gasteiger partial charge in [0, 0.05) is 18.4 Å². The van der Waals surface area contributed by atoms with E-state index in [1.807, 2.05) is 24.8 Å². The van der Waals surface area contributed by atoms with Crippen molar-refractivity contribution < 1.29 is 0 Å². The van der Waals surface area contributed by atoms with Crippen LogP contribution in [-0.2, 0) is 0 Å². The summed E-state index contributed by atoms with van der Waals surface area (Å²) < 4.78 is 0. The van der Waals surface area contributed by atoms with Gasteiger partial charge in [-0.2, -0.15) is 11.8 Å². The van der Waals surface area contributed by atoms with E-state index in [9.17, 15) is 0 Å². The van der Waals surface area contributed by atoms with E-state index in [0.29, 0.717) is 0 Å². The fourth-order valence-corrected chi connectivity index (χ4v) is 2.80. The molecule has 1 saturated heterocycles. The van der Waals surface area contributed by atoms with Gasteiger partial charge in [0.15, 0.2) is 0 Å². The molecule has 0 saturated carbocycles. The Bertz CT molecular complexity index is 297. The molecule has 0 radical (unpaired) electrons. The minimum atomic E-state index is 0.766. The molecule has 1 aliphatic heterocycles. The second-order valence-electron chi connectivity index (χ2n) is 3.63. The van der Waals surface area contributed by atoms with Crippen LogP contribution in [0.5, 0.6) is 0 Å². The number of aromatic nitrogens is 2. The summed E-state index contributed by atoms with van der Waals surface area (Å²) in [4.78, 5) is 8.48. The number of anilines is 1. The molecule has 1 fully saturated rings. The molecule has 1 aromatic rings. The van der Waals surface area contributed by atoms with Crippen molar-refractivity contribution >= 4 is 17.7 Å². The third-order valence-corrected chi connectivity index (χ3v) is 3.60. The Morgan fingerprint density at radius 1 is 1.64 bits per heavy atom. The molecular weight excluding hydrogens is 194 g/mol. The molecular formula is C10H15N3S. The topological polar surface area (TPSA) is 37.8 Å². The van der Waals surface area contributed by atoms with Crippen molar-refractivity contribution in [3.8, 4) is 0 Å². The van der Waals surface area contributed by atoms with Crippen LogP contribution in [-0.4, -0.2) is 28.0 Å². The molecule has 1 aromatic heterocycles. The standard InChI is InChI=1S/C10H15N3S/c1-8-2-4-11-10(13-8)12-6-9-3-5-14-7-9/h2,4,9H,3,5-7H2,1H3,(H,11,12,13). The van der Waals surface area contributed by atoms with Crippen LogP contribution in [0.15, 0.2) is 12.3 Å². The first kappa shape index (κ1) is 9.77. The smallest absolute Gasteiger partial charge is 0.222 e. The molecule has 3 nitrogen and oxygen atoms in total. The van der Waals surface area contributed by atoms with E-state index in [1.54, 1.807) is 6.20 Å². The molecule has 4 heteroatoms. The highest BCUT2D eigenvalue weighted by molar-refractivity contribution is 7.99. The molecule has 1 unspecified atom stereocenters. The van der Waals surface area contributed by atoms with Crippen molar-refractivity contribution in [2.24, 2.45) is 5.92 Å². The lowest BCUT2D eigenvalue weighted by Gasteiger charge is -2.09. The second-order valence-corrected chi connectivity index (χ2v) is 4.78. The Balaban J connectivity index is 1.85. The van der Waals surface area contributed by atoms with Crippen LogP contribution in [0.4, 0.5) is 5.95 Å². The van der Waals surface area contributed by atoms with Gasteiger partial charge in [-0.25, -0.2) is 9.97 Å². The SMILES string of the molecule is Cc1ccnc(NCC2CCSC2)n1. The van der Waals surface area contributed by atoms with Crippen LogP contribution in [0.3, 0.4) is 0 Å². The Labute approximate surface area is 88.7 Å². The van der Waals surface area contributed by atoms with Gasteiger partial charge in [-0.1, -0.05) is 0 Å². The molecule has 0 amide bonds. The van der Waals surface area contributed by atoms with Crippen LogP contribution >= 0.6 is 11.8 Å². The number of nitrogens with zero attached hydrogens (tertiary/aromatic N) is 2. The molecule has 14 heavy (non-hydrogen) atoms. The number of nitrogens with one attached hydrogen (secondary N) is 1. The van der Waals surface area contributed by atoms with Crippen LogP contribution < -0.4 is 5.32 Å². The predicted octanol–water partition coefficient (Wildman–Crippen LogP) is 1.95. The minimum absolute atomic E-state index is 0.766. The number of hydrogen-bond acceptors (Lipinski definition) is 4. The van der Waals surface area contributed by atoms with Gasteiger partial charge in [-0.05, 0) is 36.8 Å². The van der Waals surface area contributed by atoms with E-state index in [2.05, 4.69) is 15.3 Å². The summed E-state index contributed by atoms with van der Waals surface area (Å²) in [6, 6.07) is 1.91. The Kier molecular flexibility index (Phi) is 3.24. The van der Waals surface area contributed by atoms with E-state index in [0.717, 1.165) is 24.1 Å². The maximum atomic E-state index is 4.31. The first-order chi connectivity index (χ1) is 6.84. The van der Waals surface area contributed by atoms with Crippen molar-refractivity contribution in [3.63, 3.8) is 0 Å². The molecule has 0 aromatic carbocycles. The Morgan fingerprint density at radius 2 is 2.57 bits per heavy atom. The van der Waals surface area contributed by atoms with E-state index in [4.69, 9.17) is 0 Å². The second kappa shape index (κ2) is 4.64. The van der Waals surface area contributed by atoms with E-state index < -0.39 is 0 Å². The van der Waals surface area contributed by atoms with Crippen molar-refractivity contribution in [3.05, 3.63) is 18.0 Å². The fourth-order valence-electron chi connectivity index (χ4n) is 1.51.